The van der Waals surface area contributed by atoms with E-state index in [1.165, 1.54) is 28.5 Å². The first kappa shape index (κ1) is 49.8. The molecule has 272 valence electrons. The Kier molecular flexibility index (Phi) is 33.7. The summed E-state index contributed by atoms with van der Waals surface area (Å²) in [5.74, 6) is -2.95. The van der Waals surface area contributed by atoms with Crippen LogP contribution in [0.15, 0.2) is 4.99 Å². The Labute approximate surface area is 283 Å². The highest BCUT2D eigenvalue weighted by atomic mass is 32.1. The number of nitrogens with one attached hydrogen (secondary N) is 5. The third-order valence-electron chi connectivity index (χ3n) is 4.96. The molecule has 0 aliphatic carbocycles. The number of carboxylic acids is 1. The Balaban J connectivity index is -0.000000274. The number of ether oxygens (including phenoxy) is 1. The van der Waals surface area contributed by atoms with Crippen LogP contribution in [0.1, 0.15) is 67.2 Å². The van der Waals surface area contributed by atoms with Crippen LogP contribution in [0.3, 0.4) is 0 Å². The van der Waals surface area contributed by atoms with Gasteiger partial charge in [0.1, 0.15) is 0 Å². The number of carbonyl (C=O) groups excluding carboxylic acids is 6. The highest BCUT2D eigenvalue weighted by Gasteiger charge is 2.31. The molecule has 0 unspecified atom stereocenters. The third kappa shape index (κ3) is 34.6. The number of carbonyl (C=O) groups is 7. The maximum atomic E-state index is 11.4. The second-order valence-corrected chi connectivity index (χ2v) is 10.1. The van der Waals surface area contributed by atoms with Gasteiger partial charge in [-0.2, -0.15) is 0 Å². The molecule has 1 rings (SSSR count). The average Bonchev–Trinajstić information content (AvgIpc) is 3.26. The number of aliphatic carboxylic acids is 1. The molecule has 19 heteroatoms. The maximum Gasteiger partial charge on any atom is 0.330 e. The van der Waals surface area contributed by atoms with Gasteiger partial charge in [-0.3, -0.25) is 28.9 Å². The molecule has 0 atom stereocenters. The van der Waals surface area contributed by atoms with Gasteiger partial charge in [-0.05, 0) is 13.8 Å². The monoisotopic (exact) mass is 696 g/mol. The Bertz CT molecular complexity index is 976. The molecule has 1 aliphatic rings. The standard InChI is InChI=1S/2C10H21N3O2.C6H7NO4.C2H4O2.HNS/c1-5-13(9(2)14)10(15)11-7-6-8-12(3)4;1-5-11-10(15-9(2)14)12-7-6-8-13(3)4;1-4(8)11-7-5(9)2-3-6(7)10;1-2(3)4;1-2/h5-8H2,1-4H3,(H,11,15);5-8H2,1-4H3,(H,11,12);2-3H2,1H3;1H3,(H,3,4);1H/p+2. The summed E-state index contributed by atoms with van der Waals surface area (Å²) in [5.41, 5.74) is 0. The average molecular weight is 697 g/mol. The van der Waals surface area contributed by atoms with Gasteiger partial charge in [0.15, 0.2) is 0 Å². The molecular formula is C28H56N8O10S+2. The molecule has 1 heterocycles. The lowest BCUT2D eigenvalue weighted by Crippen LogP contribution is -3.05. The molecule has 0 aromatic rings. The number of hydroxylamine groups is 2. The van der Waals surface area contributed by atoms with Gasteiger partial charge in [0.2, 0.25) is 5.91 Å². The van der Waals surface area contributed by atoms with Crippen molar-refractivity contribution in [1.29, 1.82) is 4.78 Å². The van der Waals surface area contributed by atoms with Crippen LogP contribution in [-0.4, -0.2) is 130 Å². The highest BCUT2D eigenvalue weighted by molar-refractivity contribution is 7.45. The fraction of sp³-hybridized carbons (Fsp3) is 0.714. The van der Waals surface area contributed by atoms with E-state index in [1.807, 2.05) is 6.92 Å². The van der Waals surface area contributed by atoms with Crippen LogP contribution in [0.2, 0.25) is 0 Å². The van der Waals surface area contributed by atoms with Crippen molar-refractivity contribution in [3.8, 4) is 0 Å². The van der Waals surface area contributed by atoms with Crippen molar-refractivity contribution < 1.29 is 58.0 Å². The molecule has 0 bridgehead atoms. The van der Waals surface area contributed by atoms with Crippen LogP contribution < -0.4 is 20.4 Å². The van der Waals surface area contributed by atoms with Crippen molar-refractivity contribution in [2.45, 2.75) is 67.2 Å². The van der Waals surface area contributed by atoms with Crippen LogP contribution in [-0.2, 0) is 50.8 Å². The number of amides is 5. The van der Waals surface area contributed by atoms with E-state index in [-0.39, 0.29) is 30.7 Å². The van der Waals surface area contributed by atoms with Crippen LogP contribution in [0.4, 0.5) is 4.79 Å². The number of esters is 1. The van der Waals surface area contributed by atoms with Crippen molar-refractivity contribution >= 4 is 60.1 Å². The zero-order valence-electron chi connectivity index (χ0n) is 29.4. The maximum absolute atomic E-state index is 11.4. The quantitative estimate of drug-likeness (QED) is 0.0460. The second-order valence-electron chi connectivity index (χ2n) is 10.1. The van der Waals surface area contributed by atoms with E-state index in [1.54, 1.807) is 6.92 Å². The van der Waals surface area contributed by atoms with Crippen LogP contribution in [0.5, 0.6) is 0 Å². The van der Waals surface area contributed by atoms with Gasteiger partial charge in [0, 0.05) is 92.0 Å². The van der Waals surface area contributed by atoms with E-state index >= 15 is 0 Å². The summed E-state index contributed by atoms with van der Waals surface area (Å²) in [6, 6.07) is 0.0394. The first-order valence-electron chi connectivity index (χ1n) is 14.9. The van der Waals surface area contributed by atoms with Crippen molar-refractivity contribution in [3.63, 3.8) is 0 Å². The Morgan fingerprint density at radius 1 is 0.894 bits per heavy atom. The molecule has 5 amide bonds. The number of imide groups is 2. The third-order valence-corrected chi connectivity index (χ3v) is 4.96. The van der Waals surface area contributed by atoms with Crippen molar-refractivity contribution in [3.05, 3.63) is 0 Å². The molecular weight excluding hydrogens is 640 g/mol. The molecule has 47 heavy (non-hydrogen) atoms. The van der Waals surface area contributed by atoms with Crippen LogP contribution in [0.25, 0.3) is 0 Å². The molecule has 1 fully saturated rings. The smallest absolute Gasteiger partial charge is 0.330 e. The molecule has 0 aromatic heterocycles. The fourth-order valence-corrected chi connectivity index (χ4v) is 3.05. The number of aliphatic imine (C=N–C) groups is 1. The predicted octanol–water partition coefficient (Wildman–Crippen LogP) is -1.85. The summed E-state index contributed by atoms with van der Waals surface area (Å²) < 4.78 is 10.2. The molecule has 0 spiro atoms. The number of carboxylic acid groups (broad SMARTS) is 1. The summed E-state index contributed by atoms with van der Waals surface area (Å²) in [5, 5.41) is 13.6. The van der Waals surface area contributed by atoms with Gasteiger partial charge in [-0.15, -0.1) is 5.06 Å². The van der Waals surface area contributed by atoms with E-state index in [4.69, 9.17) is 19.4 Å². The lowest BCUT2D eigenvalue weighted by Gasteiger charge is -2.17. The zero-order chi connectivity index (χ0) is 37.5. The highest BCUT2D eigenvalue weighted by Crippen LogP contribution is 2.11. The normalized spacial score (nSPS) is 11.7. The zero-order valence-corrected chi connectivity index (χ0v) is 30.3. The Morgan fingerprint density at radius 2 is 1.36 bits per heavy atom. The van der Waals surface area contributed by atoms with Gasteiger partial charge >= 0.3 is 18.0 Å². The topological polar surface area (TPSA) is 234 Å². The Morgan fingerprint density at radius 3 is 1.72 bits per heavy atom. The molecule has 0 saturated carbocycles. The van der Waals surface area contributed by atoms with Crippen molar-refractivity contribution in [2.24, 2.45) is 4.99 Å². The number of rotatable bonds is 11. The molecule has 0 aromatic carbocycles. The van der Waals surface area contributed by atoms with E-state index < -0.39 is 23.8 Å². The van der Waals surface area contributed by atoms with E-state index in [2.05, 4.69) is 61.1 Å². The Hall–Kier alpha value is -4.10. The number of hydrogen-bond acceptors (Lipinski definition) is 12. The minimum atomic E-state index is -0.833. The number of quaternary nitrogens is 2. The summed E-state index contributed by atoms with van der Waals surface area (Å²) in [6.07, 6.45) is 2.17. The SMILES string of the molecule is CC(=O)O.CC(=O)ON1C(=O)CCC1=O.CCN(C(C)=O)C(=O)NCCC[NH+](C)C.CCNC(=NCCC[NH+](C)C)OC(C)=O.N=S. The molecule has 0 radical (unpaired) electrons. The minimum Gasteiger partial charge on any atom is -0.481 e. The van der Waals surface area contributed by atoms with Gasteiger partial charge in [-0.1, -0.05) is 0 Å². The van der Waals surface area contributed by atoms with Gasteiger partial charge in [-0.25, -0.2) is 19.4 Å². The van der Waals surface area contributed by atoms with Crippen molar-refractivity contribution in [1.82, 2.24) is 20.6 Å². The number of nitrogens with zero attached hydrogens (tertiary/aromatic N) is 3. The number of hydrogen-bond donors (Lipinski definition) is 6. The first-order chi connectivity index (χ1) is 21.9. The molecule has 1 aliphatic heterocycles. The minimum absolute atomic E-state index is 0.131. The van der Waals surface area contributed by atoms with E-state index in [9.17, 15) is 28.8 Å². The second kappa shape index (κ2) is 31.9. The summed E-state index contributed by atoms with van der Waals surface area (Å²) in [7, 11) is 8.33. The number of urea groups is 1. The number of amidine groups is 1. The lowest BCUT2D eigenvalue weighted by molar-refractivity contribution is -0.858. The van der Waals surface area contributed by atoms with Gasteiger partial charge < -0.3 is 35.1 Å². The lowest BCUT2D eigenvalue weighted by atomic mass is 10.4. The molecule has 1 saturated heterocycles. The van der Waals surface area contributed by atoms with Gasteiger partial charge in [0.25, 0.3) is 23.8 Å². The fourth-order valence-electron chi connectivity index (χ4n) is 3.05. The summed E-state index contributed by atoms with van der Waals surface area (Å²) >= 11 is 3.33. The molecule has 18 nitrogen and oxygen atoms in total. The largest absolute Gasteiger partial charge is 0.481 e. The van der Waals surface area contributed by atoms with Crippen LogP contribution in [0, 0.1) is 4.78 Å². The van der Waals surface area contributed by atoms with Crippen molar-refractivity contribution in [2.75, 3.05) is 67.5 Å². The summed E-state index contributed by atoms with van der Waals surface area (Å²) in [4.78, 5) is 86.5. The summed E-state index contributed by atoms with van der Waals surface area (Å²) in [6.45, 7) is 13.2. The molecule has 6 N–H and O–H groups in total. The first-order valence-corrected chi connectivity index (χ1v) is 15.3. The van der Waals surface area contributed by atoms with Crippen LogP contribution >= 0.6 is 0 Å². The van der Waals surface area contributed by atoms with E-state index in [0.29, 0.717) is 37.3 Å². The predicted molar refractivity (Wildman–Crippen MR) is 175 cm³/mol. The van der Waals surface area contributed by atoms with E-state index in [0.717, 1.165) is 39.8 Å². The van der Waals surface area contributed by atoms with Gasteiger partial charge in [0.05, 0.1) is 41.3 Å².